The van der Waals surface area contributed by atoms with Crippen molar-refractivity contribution in [3.8, 4) is 23.1 Å². The first-order valence-corrected chi connectivity index (χ1v) is 12.0. The molecular weight excluding hydrogens is 478 g/mol. The third-order valence-corrected chi connectivity index (χ3v) is 6.17. The van der Waals surface area contributed by atoms with E-state index >= 15 is 0 Å². The van der Waals surface area contributed by atoms with E-state index in [1.165, 1.54) is 10.1 Å². The van der Waals surface area contributed by atoms with Gasteiger partial charge < -0.3 is 23.5 Å². The Morgan fingerprint density at radius 2 is 2.05 bits per heavy atom. The first kappa shape index (κ1) is 23.2. The number of aromatic nitrogens is 6. The molecule has 37 heavy (non-hydrogen) atoms. The van der Waals surface area contributed by atoms with Crippen LogP contribution in [0.1, 0.15) is 36.6 Å². The third kappa shape index (κ3) is 4.67. The molecule has 12 nitrogen and oxygen atoms in total. The van der Waals surface area contributed by atoms with E-state index in [9.17, 15) is 0 Å². The van der Waals surface area contributed by atoms with Gasteiger partial charge in [0.2, 0.25) is 23.1 Å². The second-order valence-electron chi connectivity index (χ2n) is 9.49. The summed E-state index contributed by atoms with van der Waals surface area (Å²) in [6.45, 7) is 8.28. The molecule has 0 saturated heterocycles. The molecule has 0 fully saturated rings. The summed E-state index contributed by atoms with van der Waals surface area (Å²) < 4.78 is 29.6. The predicted octanol–water partition coefficient (Wildman–Crippen LogP) is 3.05. The molecule has 0 unspecified atom stereocenters. The first-order valence-electron chi connectivity index (χ1n) is 12.0. The molecule has 0 atom stereocenters. The van der Waals surface area contributed by atoms with Crippen LogP contribution in [0.5, 0.6) is 11.6 Å². The van der Waals surface area contributed by atoms with Gasteiger partial charge in [-0.1, -0.05) is 11.2 Å². The molecule has 6 rings (SSSR count). The quantitative estimate of drug-likeness (QED) is 0.368. The van der Waals surface area contributed by atoms with E-state index < -0.39 is 5.79 Å². The summed E-state index contributed by atoms with van der Waals surface area (Å²) in [5.74, 6) is 2.19. The number of fused-ring (bicyclic) bond motifs is 2. The summed E-state index contributed by atoms with van der Waals surface area (Å²) in [5.41, 5.74) is 4.08. The van der Waals surface area contributed by atoms with Gasteiger partial charge in [-0.25, -0.2) is 0 Å². The zero-order chi connectivity index (χ0) is 25.6. The minimum atomic E-state index is -0.589. The fourth-order valence-electron chi connectivity index (χ4n) is 4.43. The number of methoxy groups -OCH3 is 1. The Kier molecular flexibility index (Phi) is 5.67. The highest BCUT2D eigenvalue weighted by atomic mass is 16.7. The van der Waals surface area contributed by atoms with Gasteiger partial charge in [0.15, 0.2) is 11.4 Å². The predicted molar refractivity (Wildman–Crippen MR) is 129 cm³/mol. The molecule has 2 aliphatic heterocycles. The van der Waals surface area contributed by atoms with Crippen molar-refractivity contribution >= 4 is 5.65 Å². The zero-order valence-corrected chi connectivity index (χ0v) is 21.1. The van der Waals surface area contributed by atoms with Crippen molar-refractivity contribution in [2.75, 3.05) is 20.2 Å². The Morgan fingerprint density at radius 1 is 1.16 bits per heavy atom. The van der Waals surface area contributed by atoms with Gasteiger partial charge in [0.05, 0.1) is 19.3 Å². The van der Waals surface area contributed by atoms with Crippen LogP contribution in [-0.2, 0) is 29.0 Å². The van der Waals surface area contributed by atoms with E-state index in [4.69, 9.17) is 28.5 Å². The van der Waals surface area contributed by atoms with E-state index in [2.05, 4.69) is 31.4 Å². The topological polar surface area (TPSA) is 122 Å². The number of hydrogen-bond acceptors (Lipinski definition) is 11. The minimum absolute atomic E-state index is 0.256. The van der Waals surface area contributed by atoms with Gasteiger partial charge in [0, 0.05) is 51.2 Å². The van der Waals surface area contributed by atoms with Crippen LogP contribution in [0.25, 0.3) is 17.2 Å². The summed E-state index contributed by atoms with van der Waals surface area (Å²) in [4.78, 5) is 7.17. The lowest BCUT2D eigenvalue weighted by atomic mass is 10.0. The Balaban J connectivity index is 1.15. The van der Waals surface area contributed by atoms with Crippen LogP contribution in [0.4, 0.5) is 0 Å². The van der Waals surface area contributed by atoms with Crippen molar-refractivity contribution in [2.24, 2.45) is 0 Å². The maximum absolute atomic E-state index is 6.01. The lowest BCUT2D eigenvalue weighted by molar-refractivity contribution is -0.118. The lowest BCUT2D eigenvalue weighted by Crippen LogP contribution is -2.33. The molecule has 192 valence electrons. The van der Waals surface area contributed by atoms with Crippen molar-refractivity contribution in [3.63, 3.8) is 0 Å². The highest BCUT2D eigenvalue weighted by molar-refractivity contribution is 5.60. The van der Waals surface area contributed by atoms with Crippen LogP contribution < -0.4 is 9.47 Å². The van der Waals surface area contributed by atoms with Crippen molar-refractivity contribution in [3.05, 3.63) is 59.0 Å². The molecule has 0 aliphatic carbocycles. The van der Waals surface area contributed by atoms with Gasteiger partial charge in [0.1, 0.15) is 24.4 Å². The van der Waals surface area contributed by atoms with Crippen LogP contribution in [0.3, 0.4) is 0 Å². The molecule has 6 heterocycles. The largest absolute Gasteiger partial charge is 0.493 e. The van der Waals surface area contributed by atoms with Gasteiger partial charge >= 0.3 is 0 Å². The Morgan fingerprint density at radius 3 is 2.81 bits per heavy atom. The standard InChI is InChI=1S/C25H27N7O5/c1-15-9-20(30-37-15)23-27-28-24-21(33-4)10-22(29-32(23)24)34-13-17-6-5-16-11-31(8-7-19(16)26-17)12-18-14-35-25(2,3)36-18/h5-6,9-10,14H,7-8,11-13H2,1-4H3. The molecule has 0 radical (unpaired) electrons. The Labute approximate surface area is 212 Å². The summed E-state index contributed by atoms with van der Waals surface area (Å²) in [7, 11) is 1.56. The van der Waals surface area contributed by atoms with Gasteiger partial charge in [-0.2, -0.15) is 4.52 Å². The summed E-state index contributed by atoms with van der Waals surface area (Å²) >= 11 is 0. The molecule has 0 amide bonds. The molecule has 0 N–H and O–H groups in total. The maximum Gasteiger partial charge on any atom is 0.244 e. The van der Waals surface area contributed by atoms with Gasteiger partial charge in [-0.3, -0.25) is 9.88 Å². The second kappa shape index (κ2) is 9.04. The van der Waals surface area contributed by atoms with Gasteiger partial charge in [-0.05, 0) is 18.6 Å². The average Bonchev–Trinajstić information content (AvgIpc) is 3.59. The van der Waals surface area contributed by atoms with E-state index in [1.54, 1.807) is 25.5 Å². The number of rotatable bonds is 7. The van der Waals surface area contributed by atoms with Crippen LogP contribution in [0, 0.1) is 6.92 Å². The van der Waals surface area contributed by atoms with Crippen molar-refractivity contribution < 1.29 is 23.5 Å². The van der Waals surface area contributed by atoms with E-state index in [1.807, 2.05) is 26.8 Å². The van der Waals surface area contributed by atoms with Crippen LogP contribution in [0.2, 0.25) is 0 Å². The maximum atomic E-state index is 6.01. The molecule has 2 aliphatic rings. The molecular formula is C25H27N7O5. The molecule has 0 aromatic carbocycles. The van der Waals surface area contributed by atoms with Crippen molar-refractivity contribution in [1.29, 1.82) is 0 Å². The number of ether oxygens (including phenoxy) is 4. The average molecular weight is 506 g/mol. The molecule has 4 aromatic rings. The van der Waals surface area contributed by atoms with Crippen LogP contribution in [-0.4, -0.2) is 60.8 Å². The minimum Gasteiger partial charge on any atom is -0.493 e. The Bertz CT molecular complexity index is 1490. The van der Waals surface area contributed by atoms with E-state index in [-0.39, 0.29) is 6.61 Å². The van der Waals surface area contributed by atoms with Crippen LogP contribution >= 0.6 is 0 Å². The van der Waals surface area contributed by atoms with E-state index in [0.29, 0.717) is 41.1 Å². The number of nitrogens with zero attached hydrogens (tertiary/aromatic N) is 7. The zero-order valence-electron chi connectivity index (χ0n) is 21.1. The molecule has 12 heteroatoms. The lowest BCUT2D eigenvalue weighted by Gasteiger charge is -2.28. The highest BCUT2D eigenvalue weighted by Gasteiger charge is 2.29. The third-order valence-electron chi connectivity index (χ3n) is 6.17. The fraction of sp³-hybridized carbons (Fsp3) is 0.400. The number of aryl methyl sites for hydroxylation is 1. The Hall–Kier alpha value is -4.19. The fourth-order valence-corrected chi connectivity index (χ4v) is 4.43. The number of hydrogen-bond donors (Lipinski definition) is 0. The normalized spacial score (nSPS) is 16.7. The second-order valence-corrected chi connectivity index (χ2v) is 9.49. The summed E-state index contributed by atoms with van der Waals surface area (Å²) in [6, 6.07) is 7.54. The van der Waals surface area contributed by atoms with E-state index in [0.717, 1.165) is 36.7 Å². The molecule has 0 bridgehead atoms. The van der Waals surface area contributed by atoms with Crippen LogP contribution in [0.15, 0.2) is 40.8 Å². The first-order chi connectivity index (χ1) is 17.9. The molecule has 0 spiro atoms. The monoisotopic (exact) mass is 505 g/mol. The molecule has 0 saturated carbocycles. The van der Waals surface area contributed by atoms with Crippen molar-refractivity contribution in [1.82, 2.24) is 34.9 Å². The van der Waals surface area contributed by atoms with Gasteiger partial charge in [-0.15, -0.1) is 15.3 Å². The highest BCUT2D eigenvalue weighted by Crippen LogP contribution is 2.28. The molecule has 4 aromatic heterocycles. The van der Waals surface area contributed by atoms with Gasteiger partial charge in [0.25, 0.3) is 0 Å². The number of pyridine rings is 1. The van der Waals surface area contributed by atoms with Crippen molar-refractivity contribution in [2.45, 2.75) is 46.1 Å². The summed E-state index contributed by atoms with van der Waals surface area (Å²) in [6.07, 6.45) is 2.56. The SMILES string of the molecule is COc1cc(OCc2ccc3c(n2)CCN(CC2=COC(C)(C)O2)C3)nn2c(-c3cc(C)on3)nnc12. The smallest absolute Gasteiger partial charge is 0.244 e. The summed E-state index contributed by atoms with van der Waals surface area (Å²) in [5, 5.41) is 16.9.